The van der Waals surface area contributed by atoms with Crippen molar-refractivity contribution in [2.24, 2.45) is 28.6 Å². The maximum absolute atomic E-state index is 13.8. The maximum Gasteiger partial charge on any atom is 0.338 e. The average molecular weight is 461 g/mol. The normalized spacial score (nSPS) is 44.8. The summed E-state index contributed by atoms with van der Waals surface area (Å²) in [5.74, 6) is -2.66. The SMILES string of the molecule is CC1CC[C@@]2(O)[C@@H](OC(=O)c3ccccc3)[C@@H]3CC(O)C[C@H](O)[C@@]3(C)C(=O)[C@H](O)C1C2(C)C. The van der Waals surface area contributed by atoms with Gasteiger partial charge in [0, 0.05) is 23.7 Å². The van der Waals surface area contributed by atoms with E-state index >= 15 is 0 Å². The minimum atomic E-state index is -1.57. The van der Waals surface area contributed by atoms with E-state index in [-0.39, 0.29) is 18.8 Å². The van der Waals surface area contributed by atoms with E-state index in [4.69, 9.17) is 4.74 Å². The zero-order chi connectivity index (χ0) is 24.3. The van der Waals surface area contributed by atoms with Gasteiger partial charge in [0.1, 0.15) is 17.8 Å². The first-order valence-electron chi connectivity index (χ1n) is 11.9. The Labute approximate surface area is 194 Å². The molecule has 4 N–H and O–H groups in total. The summed E-state index contributed by atoms with van der Waals surface area (Å²) in [5.41, 5.74) is -3.72. The summed E-state index contributed by atoms with van der Waals surface area (Å²) in [4.78, 5) is 27.0. The molecule has 3 fully saturated rings. The van der Waals surface area contributed by atoms with E-state index in [1.807, 2.05) is 20.8 Å². The zero-order valence-corrected chi connectivity index (χ0v) is 19.8. The van der Waals surface area contributed by atoms with Gasteiger partial charge in [0.05, 0.1) is 23.2 Å². The molecule has 1 aromatic carbocycles. The van der Waals surface area contributed by atoms with Gasteiger partial charge in [-0.05, 0) is 44.2 Å². The topological polar surface area (TPSA) is 124 Å². The Morgan fingerprint density at radius 2 is 1.70 bits per heavy atom. The molecule has 0 spiro atoms. The van der Waals surface area contributed by atoms with Crippen molar-refractivity contribution in [2.45, 2.75) is 83.4 Å². The second-order valence-corrected chi connectivity index (χ2v) is 11.2. The number of rotatable bonds is 2. The van der Waals surface area contributed by atoms with E-state index in [0.29, 0.717) is 18.4 Å². The van der Waals surface area contributed by atoms with E-state index in [9.17, 15) is 30.0 Å². The second kappa shape index (κ2) is 8.15. The lowest BCUT2D eigenvalue weighted by atomic mass is 9.45. The number of aliphatic hydroxyl groups is 4. The van der Waals surface area contributed by atoms with Crippen LogP contribution in [0.15, 0.2) is 30.3 Å². The third-order valence-electron chi connectivity index (χ3n) is 9.25. The quantitative estimate of drug-likeness (QED) is 0.498. The van der Waals surface area contributed by atoms with E-state index in [1.165, 1.54) is 0 Å². The standard InChI is InChI=1S/C26H36O7/c1-14-10-11-26(32)22(33-23(31)15-8-6-5-7-9-15)17-12-16(27)13-18(28)25(17,4)21(30)20(29)19(14)24(26,2)3/h5-9,14,16-20,22,27-29,32H,10-13H2,1-4H3/t14?,16?,17-,18-,19?,20+,22-,25-,26+/m0/s1. The molecular formula is C26H36O7. The Bertz CT molecular complexity index is 914. The van der Waals surface area contributed by atoms with Gasteiger partial charge in [0.25, 0.3) is 0 Å². The maximum atomic E-state index is 13.8. The van der Waals surface area contributed by atoms with Crippen molar-refractivity contribution < 1.29 is 34.8 Å². The molecule has 182 valence electrons. The number of aliphatic hydroxyl groups excluding tert-OH is 3. The monoisotopic (exact) mass is 460 g/mol. The number of ether oxygens (including phenoxy) is 1. The number of ketones is 1. The zero-order valence-electron chi connectivity index (χ0n) is 19.8. The van der Waals surface area contributed by atoms with Gasteiger partial charge >= 0.3 is 5.97 Å². The lowest BCUT2D eigenvalue weighted by molar-refractivity contribution is -0.260. The highest BCUT2D eigenvalue weighted by Gasteiger charge is 2.69. The first-order valence-corrected chi connectivity index (χ1v) is 11.9. The summed E-state index contributed by atoms with van der Waals surface area (Å²) in [6.45, 7) is 7.15. The Morgan fingerprint density at radius 1 is 1.06 bits per heavy atom. The van der Waals surface area contributed by atoms with Crippen LogP contribution in [-0.4, -0.2) is 62.2 Å². The number of benzene rings is 1. The molecule has 0 amide bonds. The fraction of sp³-hybridized carbons (Fsp3) is 0.692. The van der Waals surface area contributed by atoms with Crippen molar-refractivity contribution in [1.29, 1.82) is 0 Å². The molecule has 7 heteroatoms. The largest absolute Gasteiger partial charge is 0.455 e. The fourth-order valence-corrected chi connectivity index (χ4v) is 7.08. The highest BCUT2D eigenvalue weighted by molar-refractivity contribution is 5.91. The molecule has 0 saturated heterocycles. The molecule has 0 aliphatic heterocycles. The fourth-order valence-electron chi connectivity index (χ4n) is 7.08. The molecule has 7 nitrogen and oxygen atoms in total. The lowest BCUT2D eigenvalue weighted by Gasteiger charge is -2.63. The van der Waals surface area contributed by atoms with Crippen molar-refractivity contribution in [2.75, 3.05) is 0 Å². The average Bonchev–Trinajstić information content (AvgIpc) is 2.76. The van der Waals surface area contributed by atoms with Gasteiger partial charge in [0.2, 0.25) is 0 Å². The molecule has 4 rings (SSSR count). The van der Waals surface area contributed by atoms with Crippen LogP contribution in [0.2, 0.25) is 0 Å². The van der Waals surface area contributed by atoms with Crippen LogP contribution in [0.5, 0.6) is 0 Å². The number of hydrogen-bond donors (Lipinski definition) is 4. The van der Waals surface area contributed by atoms with Crippen LogP contribution in [0, 0.1) is 28.6 Å². The summed E-state index contributed by atoms with van der Waals surface area (Å²) >= 11 is 0. The Kier molecular flexibility index (Phi) is 6.01. The molecule has 1 aromatic rings. The molecule has 0 heterocycles. The number of Topliss-reactive ketones (excluding diaryl/α,β-unsaturated/α-hetero) is 1. The Morgan fingerprint density at radius 3 is 2.33 bits per heavy atom. The summed E-state index contributed by atoms with van der Waals surface area (Å²) in [7, 11) is 0. The van der Waals surface area contributed by atoms with E-state index in [2.05, 4.69) is 0 Å². The van der Waals surface area contributed by atoms with Crippen molar-refractivity contribution in [3.05, 3.63) is 35.9 Å². The summed E-state index contributed by atoms with van der Waals surface area (Å²) < 4.78 is 6.04. The second-order valence-electron chi connectivity index (χ2n) is 11.2. The number of carbonyl (C=O) groups is 2. The third kappa shape index (κ3) is 3.47. The third-order valence-corrected chi connectivity index (χ3v) is 9.25. The molecule has 2 bridgehead atoms. The minimum absolute atomic E-state index is 0.0210. The van der Waals surface area contributed by atoms with Crippen LogP contribution in [-0.2, 0) is 9.53 Å². The van der Waals surface area contributed by atoms with E-state index in [0.717, 1.165) is 0 Å². The number of carbonyl (C=O) groups excluding carboxylic acids is 2. The molecule has 3 saturated carbocycles. The van der Waals surface area contributed by atoms with Crippen molar-refractivity contribution >= 4 is 11.8 Å². The molecule has 33 heavy (non-hydrogen) atoms. The van der Waals surface area contributed by atoms with Crippen LogP contribution in [0.25, 0.3) is 0 Å². The van der Waals surface area contributed by atoms with Crippen LogP contribution in [0.3, 0.4) is 0 Å². The van der Waals surface area contributed by atoms with E-state index in [1.54, 1.807) is 37.3 Å². The Hall–Kier alpha value is -1.80. The summed E-state index contributed by atoms with van der Waals surface area (Å²) in [6.07, 6.45) is -3.80. The summed E-state index contributed by atoms with van der Waals surface area (Å²) in [6, 6.07) is 8.44. The summed E-state index contributed by atoms with van der Waals surface area (Å²) in [5, 5.41) is 45.2. The molecule has 0 aromatic heterocycles. The van der Waals surface area contributed by atoms with Gasteiger partial charge in [-0.3, -0.25) is 4.79 Å². The molecule has 3 aliphatic carbocycles. The number of hydrogen-bond acceptors (Lipinski definition) is 7. The molecular weight excluding hydrogens is 424 g/mol. The number of esters is 1. The predicted molar refractivity (Wildman–Crippen MR) is 120 cm³/mol. The first kappa shape index (κ1) is 24.3. The van der Waals surface area contributed by atoms with Gasteiger partial charge in [-0.2, -0.15) is 0 Å². The van der Waals surface area contributed by atoms with Crippen LogP contribution >= 0.6 is 0 Å². The molecule has 3 unspecified atom stereocenters. The molecule has 0 radical (unpaired) electrons. The predicted octanol–water partition coefficient (Wildman–Crippen LogP) is 2.10. The van der Waals surface area contributed by atoms with E-state index < -0.39 is 64.4 Å². The number of fused-ring (bicyclic) bond motifs is 3. The minimum Gasteiger partial charge on any atom is -0.455 e. The van der Waals surface area contributed by atoms with Gasteiger partial charge in [0.15, 0.2) is 5.78 Å². The van der Waals surface area contributed by atoms with Gasteiger partial charge in [-0.25, -0.2) is 4.79 Å². The molecule has 9 atom stereocenters. The van der Waals surface area contributed by atoms with Gasteiger partial charge in [-0.1, -0.05) is 39.0 Å². The van der Waals surface area contributed by atoms with Crippen molar-refractivity contribution in [1.82, 2.24) is 0 Å². The Balaban J connectivity index is 1.90. The van der Waals surface area contributed by atoms with Crippen LogP contribution in [0.4, 0.5) is 0 Å². The van der Waals surface area contributed by atoms with Crippen molar-refractivity contribution in [3.63, 3.8) is 0 Å². The first-order chi connectivity index (χ1) is 15.4. The van der Waals surface area contributed by atoms with Crippen molar-refractivity contribution in [3.8, 4) is 0 Å². The molecule has 3 aliphatic rings. The highest BCUT2D eigenvalue weighted by Crippen LogP contribution is 2.60. The van der Waals surface area contributed by atoms with Crippen LogP contribution in [0.1, 0.15) is 63.7 Å². The van der Waals surface area contributed by atoms with Gasteiger partial charge in [-0.15, -0.1) is 0 Å². The smallest absolute Gasteiger partial charge is 0.338 e. The lowest BCUT2D eigenvalue weighted by Crippen LogP contribution is -2.73. The van der Waals surface area contributed by atoms with Crippen LogP contribution < -0.4 is 0 Å². The highest BCUT2D eigenvalue weighted by atomic mass is 16.6. The van der Waals surface area contributed by atoms with Gasteiger partial charge < -0.3 is 25.2 Å².